The number of aromatic nitrogens is 4. The number of hydrogen-bond acceptors (Lipinski definition) is 4. The Kier molecular flexibility index (Phi) is 3.94. The molecule has 0 fully saturated rings. The first-order valence-electron chi connectivity index (χ1n) is 6.42. The molecule has 10 heteroatoms. The van der Waals surface area contributed by atoms with Crippen molar-refractivity contribution in [2.75, 3.05) is 5.32 Å². The Balaban J connectivity index is 1.83. The molecule has 0 unspecified atom stereocenters. The normalized spacial score (nSPS) is 10.7. The Morgan fingerprint density at radius 1 is 1.08 bits per heavy atom. The molecule has 0 saturated carbocycles. The van der Waals surface area contributed by atoms with Gasteiger partial charge in [0.15, 0.2) is 29.1 Å². The van der Waals surface area contributed by atoms with E-state index in [1.807, 2.05) is 0 Å². The average Bonchev–Trinajstić information content (AvgIpc) is 3.11. The second-order valence-electron chi connectivity index (χ2n) is 4.55. The molecule has 0 aliphatic heterocycles. The molecular weight excluding hydrogens is 330 g/mol. The molecule has 0 spiro atoms. The van der Waals surface area contributed by atoms with E-state index in [0.29, 0.717) is 5.82 Å². The predicted molar refractivity (Wildman–Crippen MR) is 73.4 cm³/mol. The lowest BCUT2D eigenvalue weighted by Gasteiger charge is -2.08. The number of pyridine rings is 1. The van der Waals surface area contributed by atoms with Gasteiger partial charge in [-0.2, -0.15) is 5.10 Å². The molecule has 1 N–H and O–H groups in total. The van der Waals surface area contributed by atoms with Crippen molar-refractivity contribution in [3.05, 3.63) is 65.9 Å². The van der Waals surface area contributed by atoms with Gasteiger partial charge in [-0.1, -0.05) is 0 Å². The molecule has 2 heterocycles. The minimum Gasteiger partial charge on any atom is -0.320 e. The highest BCUT2D eigenvalue weighted by atomic mass is 19.2. The fourth-order valence-corrected chi connectivity index (χ4v) is 1.86. The van der Waals surface area contributed by atoms with Gasteiger partial charge in [-0.15, -0.1) is 0 Å². The summed E-state index contributed by atoms with van der Waals surface area (Å²) >= 11 is 0. The summed E-state index contributed by atoms with van der Waals surface area (Å²) in [6.45, 7) is 0. The van der Waals surface area contributed by atoms with Crippen molar-refractivity contribution < 1.29 is 22.4 Å². The zero-order valence-corrected chi connectivity index (χ0v) is 11.7. The number of benzene rings is 1. The molecule has 1 aromatic carbocycles. The second-order valence-corrected chi connectivity index (χ2v) is 4.55. The molecule has 3 rings (SSSR count). The van der Waals surface area contributed by atoms with Crippen LogP contribution >= 0.6 is 0 Å². The van der Waals surface area contributed by atoms with E-state index in [1.54, 1.807) is 0 Å². The van der Waals surface area contributed by atoms with E-state index < -0.39 is 34.7 Å². The van der Waals surface area contributed by atoms with Crippen LogP contribution in [0.3, 0.4) is 0 Å². The predicted octanol–water partition coefficient (Wildman–Crippen LogP) is 2.47. The van der Waals surface area contributed by atoms with E-state index >= 15 is 0 Å². The zero-order valence-electron chi connectivity index (χ0n) is 11.7. The van der Waals surface area contributed by atoms with Gasteiger partial charge >= 0.3 is 0 Å². The highest BCUT2D eigenvalue weighted by Gasteiger charge is 2.23. The van der Waals surface area contributed by atoms with E-state index in [1.165, 1.54) is 35.7 Å². The summed E-state index contributed by atoms with van der Waals surface area (Å²) in [5.41, 5.74) is -0.833. The molecule has 0 atom stereocenters. The molecule has 0 aliphatic rings. The molecule has 122 valence electrons. The Morgan fingerprint density at radius 3 is 2.50 bits per heavy atom. The van der Waals surface area contributed by atoms with Crippen molar-refractivity contribution in [1.29, 1.82) is 0 Å². The SMILES string of the molecule is O=C(Nc1ccc(-n2cncn2)nc1)c1cc(F)c(F)c(F)c1F. The number of carbonyl (C=O) groups excluding carboxylic acids is 1. The Bertz CT molecular complexity index is 897. The Morgan fingerprint density at radius 2 is 1.88 bits per heavy atom. The van der Waals surface area contributed by atoms with Gasteiger partial charge in [0.2, 0.25) is 0 Å². The van der Waals surface area contributed by atoms with Gasteiger partial charge < -0.3 is 5.32 Å². The van der Waals surface area contributed by atoms with Crippen LogP contribution in [-0.2, 0) is 0 Å². The lowest BCUT2D eigenvalue weighted by molar-refractivity contribution is 0.102. The summed E-state index contributed by atoms with van der Waals surface area (Å²) in [7, 11) is 0. The van der Waals surface area contributed by atoms with Gasteiger partial charge in [-0.3, -0.25) is 4.79 Å². The van der Waals surface area contributed by atoms with E-state index in [0.717, 1.165) is 0 Å². The Labute approximate surface area is 131 Å². The molecule has 0 bridgehead atoms. The summed E-state index contributed by atoms with van der Waals surface area (Å²) in [6.07, 6.45) is 3.93. The van der Waals surface area contributed by atoms with Crippen molar-refractivity contribution in [3.8, 4) is 5.82 Å². The number of rotatable bonds is 3. The second kappa shape index (κ2) is 6.07. The number of hydrogen-bond donors (Lipinski definition) is 1. The fourth-order valence-electron chi connectivity index (χ4n) is 1.86. The largest absolute Gasteiger partial charge is 0.320 e. The number of amides is 1. The van der Waals surface area contributed by atoms with Crippen LogP contribution in [0.4, 0.5) is 23.2 Å². The van der Waals surface area contributed by atoms with Crippen molar-refractivity contribution in [1.82, 2.24) is 19.7 Å². The molecule has 3 aromatic rings. The van der Waals surface area contributed by atoms with Crippen LogP contribution in [0.2, 0.25) is 0 Å². The van der Waals surface area contributed by atoms with Crippen LogP contribution in [0.15, 0.2) is 37.1 Å². The maximum atomic E-state index is 13.6. The number of carbonyl (C=O) groups is 1. The van der Waals surface area contributed by atoms with Gasteiger partial charge in [0.25, 0.3) is 5.91 Å². The third kappa shape index (κ3) is 2.81. The summed E-state index contributed by atoms with van der Waals surface area (Å²) in [5.74, 6) is -8.24. The summed E-state index contributed by atoms with van der Waals surface area (Å²) in [4.78, 5) is 19.6. The molecular formula is C14H7F4N5O. The lowest BCUT2D eigenvalue weighted by Crippen LogP contribution is -2.16. The van der Waals surface area contributed by atoms with Crippen molar-refractivity contribution in [3.63, 3.8) is 0 Å². The third-order valence-electron chi connectivity index (χ3n) is 3.01. The van der Waals surface area contributed by atoms with Gasteiger partial charge in [0.05, 0.1) is 17.4 Å². The standard InChI is InChI=1S/C14H7F4N5O/c15-9-3-8(11(16)13(18)12(9)17)14(24)22-7-1-2-10(20-4-7)23-6-19-5-21-23/h1-6H,(H,22,24). The fraction of sp³-hybridized carbons (Fsp3) is 0. The topological polar surface area (TPSA) is 72.7 Å². The zero-order chi connectivity index (χ0) is 17.3. The summed E-state index contributed by atoms with van der Waals surface area (Å²) in [6, 6.07) is 3.17. The van der Waals surface area contributed by atoms with Crippen molar-refractivity contribution >= 4 is 11.6 Å². The smallest absolute Gasteiger partial charge is 0.258 e. The Hall–Kier alpha value is -3.30. The van der Waals surface area contributed by atoms with Crippen LogP contribution in [0, 0.1) is 23.3 Å². The van der Waals surface area contributed by atoms with E-state index in [9.17, 15) is 22.4 Å². The van der Waals surface area contributed by atoms with Crippen molar-refractivity contribution in [2.24, 2.45) is 0 Å². The van der Waals surface area contributed by atoms with Gasteiger partial charge in [0, 0.05) is 0 Å². The van der Waals surface area contributed by atoms with Crippen LogP contribution in [-0.4, -0.2) is 25.7 Å². The molecule has 24 heavy (non-hydrogen) atoms. The van der Waals surface area contributed by atoms with Crippen LogP contribution < -0.4 is 5.32 Å². The minimum absolute atomic E-state index is 0.133. The molecule has 0 radical (unpaired) electrons. The average molecular weight is 337 g/mol. The van der Waals surface area contributed by atoms with E-state index in [-0.39, 0.29) is 11.8 Å². The quantitative estimate of drug-likeness (QED) is 0.453. The molecule has 1 amide bonds. The molecule has 6 nitrogen and oxygen atoms in total. The van der Waals surface area contributed by atoms with E-state index in [2.05, 4.69) is 20.4 Å². The summed E-state index contributed by atoms with van der Waals surface area (Å²) in [5, 5.41) is 6.05. The molecule has 0 saturated heterocycles. The first-order valence-corrected chi connectivity index (χ1v) is 6.42. The highest BCUT2D eigenvalue weighted by molar-refractivity contribution is 6.04. The monoisotopic (exact) mass is 337 g/mol. The highest BCUT2D eigenvalue weighted by Crippen LogP contribution is 2.20. The van der Waals surface area contributed by atoms with Crippen molar-refractivity contribution in [2.45, 2.75) is 0 Å². The van der Waals surface area contributed by atoms with Gasteiger partial charge in [-0.25, -0.2) is 32.2 Å². The van der Waals surface area contributed by atoms with Crippen LogP contribution in [0.5, 0.6) is 0 Å². The first-order chi connectivity index (χ1) is 11.5. The number of anilines is 1. The maximum absolute atomic E-state index is 13.6. The van der Waals surface area contributed by atoms with Gasteiger partial charge in [0.1, 0.15) is 12.7 Å². The third-order valence-corrected chi connectivity index (χ3v) is 3.01. The maximum Gasteiger partial charge on any atom is 0.258 e. The summed E-state index contributed by atoms with van der Waals surface area (Å²) < 4.78 is 54.1. The molecule has 0 aliphatic carbocycles. The minimum atomic E-state index is -2.06. The first kappa shape index (κ1) is 15.6. The van der Waals surface area contributed by atoms with E-state index in [4.69, 9.17) is 0 Å². The van der Waals surface area contributed by atoms with Crippen LogP contribution in [0.25, 0.3) is 5.82 Å². The molecule has 2 aromatic heterocycles. The number of nitrogens with zero attached hydrogens (tertiary/aromatic N) is 4. The van der Waals surface area contributed by atoms with Gasteiger partial charge in [-0.05, 0) is 18.2 Å². The number of nitrogens with one attached hydrogen (secondary N) is 1. The number of halogens is 4. The lowest BCUT2D eigenvalue weighted by atomic mass is 10.1. The van der Waals surface area contributed by atoms with Crippen LogP contribution in [0.1, 0.15) is 10.4 Å².